The van der Waals surface area contributed by atoms with Gasteiger partial charge in [0.2, 0.25) is 11.6 Å². The second-order valence-corrected chi connectivity index (χ2v) is 5.82. The zero-order valence-corrected chi connectivity index (χ0v) is 15.1. The Morgan fingerprint density at radius 1 is 1.24 bits per heavy atom. The first-order chi connectivity index (χ1) is 14.1. The molecular formula is C17H17FN8O3. The molecule has 0 spiro atoms. The molecule has 0 saturated carbocycles. The van der Waals surface area contributed by atoms with Crippen LogP contribution in [0.4, 0.5) is 21.7 Å². The molecule has 29 heavy (non-hydrogen) atoms. The lowest BCUT2D eigenvalue weighted by atomic mass is 10.2. The Labute approximate surface area is 164 Å². The van der Waals surface area contributed by atoms with Gasteiger partial charge in [-0.1, -0.05) is 12.1 Å². The van der Waals surface area contributed by atoms with Gasteiger partial charge in [0, 0.05) is 25.5 Å². The fourth-order valence-electron chi connectivity index (χ4n) is 2.49. The highest BCUT2D eigenvalue weighted by atomic mass is 19.1. The van der Waals surface area contributed by atoms with Crippen LogP contribution in [0.15, 0.2) is 49.3 Å². The van der Waals surface area contributed by atoms with Crippen molar-refractivity contribution in [2.45, 2.75) is 13.0 Å². The van der Waals surface area contributed by atoms with Gasteiger partial charge in [-0.15, -0.1) is 0 Å². The van der Waals surface area contributed by atoms with Crippen molar-refractivity contribution in [2.75, 3.05) is 17.3 Å². The van der Waals surface area contributed by atoms with Gasteiger partial charge in [0.25, 0.3) is 5.91 Å². The first-order valence-electron chi connectivity index (χ1n) is 8.56. The number of imidazole rings is 1. The maximum atomic E-state index is 13.7. The summed E-state index contributed by atoms with van der Waals surface area (Å²) < 4.78 is 15.6. The lowest BCUT2D eigenvalue weighted by Crippen LogP contribution is -2.31. The van der Waals surface area contributed by atoms with E-state index in [-0.39, 0.29) is 17.2 Å². The van der Waals surface area contributed by atoms with Crippen LogP contribution >= 0.6 is 0 Å². The topological polar surface area (TPSA) is 140 Å². The molecule has 12 heteroatoms. The molecule has 1 aromatic carbocycles. The number of rotatable bonds is 9. The third-order valence-electron chi connectivity index (χ3n) is 3.86. The standard InChI is InChI=1S/C17H17FN8O3/c18-13-5-2-1-4-12(13)17(27)24-23-16-14(26(28)29)15(21-10-22-16)20-6-3-8-25-9-7-19-11-25/h1-2,4-5,7,9-11H,3,6,8H2,(H,24,27)(H2,20,21,22,23). The highest BCUT2D eigenvalue weighted by Crippen LogP contribution is 2.28. The number of aromatic nitrogens is 4. The fourth-order valence-corrected chi connectivity index (χ4v) is 2.49. The normalized spacial score (nSPS) is 10.4. The Balaban J connectivity index is 1.65. The summed E-state index contributed by atoms with van der Waals surface area (Å²) in [7, 11) is 0. The van der Waals surface area contributed by atoms with Crippen LogP contribution in [-0.4, -0.2) is 36.9 Å². The highest BCUT2D eigenvalue weighted by molar-refractivity contribution is 5.95. The summed E-state index contributed by atoms with van der Waals surface area (Å²) in [5.41, 5.74) is 3.91. The number of aryl methyl sites for hydroxylation is 1. The predicted octanol–water partition coefficient (Wildman–Crippen LogP) is 1.98. The maximum absolute atomic E-state index is 13.7. The monoisotopic (exact) mass is 400 g/mol. The van der Waals surface area contributed by atoms with Crippen LogP contribution in [0.1, 0.15) is 16.8 Å². The van der Waals surface area contributed by atoms with Crippen molar-refractivity contribution in [3.63, 3.8) is 0 Å². The van der Waals surface area contributed by atoms with Crippen molar-refractivity contribution in [1.82, 2.24) is 24.9 Å². The average Bonchev–Trinajstić information content (AvgIpc) is 3.23. The van der Waals surface area contributed by atoms with Gasteiger partial charge in [0.1, 0.15) is 12.1 Å². The number of hydrazine groups is 1. The summed E-state index contributed by atoms with van der Waals surface area (Å²) in [6, 6.07) is 5.36. The van der Waals surface area contributed by atoms with Crippen LogP contribution in [0, 0.1) is 15.9 Å². The van der Waals surface area contributed by atoms with Crippen LogP contribution < -0.4 is 16.2 Å². The van der Waals surface area contributed by atoms with Crippen molar-refractivity contribution in [3.8, 4) is 0 Å². The summed E-state index contributed by atoms with van der Waals surface area (Å²) in [6.07, 6.45) is 6.93. The molecule has 0 aliphatic carbocycles. The minimum absolute atomic E-state index is 0.00160. The Hall–Kier alpha value is -4.09. The molecule has 0 radical (unpaired) electrons. The molecule has 0 unspecified atom stereocenters. The summed E-state index contributed by atoms with van der Waals surface area (Å²) in [5.74, 6) is -1.75. The molecule has 3 aromatic rings. The number of nitro groups is 1. The van der Waals surface area contributed by atoms with E-state index in [0.29, 0.717) is 19.5 Å². The molecule has 11 nitrogen and oxygen atoms in total. The first-order valence-corrected chi connectivity index (χ1v) is 8.56. The second-order valence-electron chi connectivity index (χ2n) is 5.82. The van der Waals surface area contributed by atoms with Crippen LogP contribution in [0.2, 0.25) is 0 Å². The predicted molar refractivity (Wildman–Crippen MR) is 102 cm³/mol. The summed E-state index contributed by atoms with van der Waals surface area (Å²) in [6.45, 7) is 1.09. The van der Waals surface area contributed by atoms with E-state index in [1.54, 1.807) is 12.5 Å². The van der Waals surface area contributed by atoms with Crippen molar-refractivity contribution in [2.24, 2.45) is 0 Å². The van der Waals surface area contributed by atoms with E-state index in [9.17, 15) is 19.3 Å². The fraction of sp³-hybridized carbons (Fsp3) is 0.176. The zero-order chi connectivity index (χ0) is 20.6. The van der Waals surface area contributed by atoms with Crippen molar-refractivity contribution >= 4 is 23.2 Å². The molecule has 3 N–H and O–H groups in total. The van der Waals surface area contributed by atoms with Gasteiger partial charge >= 0.3 is 5.69 Å². The van der Waals surface area contributed by atoms with Crippen molar-refractivity contribution < 1.29 is 14.1 Å². The van der Waals surface area contributed by atoms with E-state index in [2.05, 4.69) is 31.1 Å². The summed E-state index contributed by atoms with van der Waals surface area (Å²) >= 11 is 0. The largest absolute Gasteiger partial charge is 0.364 e. The number of nitrogens with zero attached hydrogens (tertiary/aromatic N) is 5. The zero-order valence-electron chi connectivity index (χ0n) is 15.1. The molecule has 0 aliphatic rings. The number of hydrogen-bond donors (Lipinski definition) is 3. The summed E-state index contributed by atoms with van der Waals surface area (Å²) in [5, 5.41) is 14.4. The Morgan fingerprint density at radius 2 is 2.03 bits per heavy atom. The van der Waals surface area contributed by atoms with Gasteiger partial charge < -0.3 is 9.88 Å². The van der Waals surface area contributed by atoms with Crippen LogP contribution in [0.3, 0.4) is 0 Å². The van der Waals surface area contributed by atoms with Crippen molar-refractivity contribution in [3.05, 3.63) is 70.8 Å². The molecule has 2 aromatic heterocycles. The quantitative estimate of drug-likeness (QED) is 0.281. The Morgan fingerprint density at radius 3 is 2.76 bits per heavy atom. The van der Waals surface area contributed by atoms with E-state index >= 15 is 0 Å². The van der Waals surface area contributed by atoms with Crippen LogP contribution in [0.25, 0.3) is 0 Å². The van der Waals surface area contributed by atoms with Crippen LogP contribution in [0.5, 0.6) is 0 Å². The summed E-state index contributed by atoms with van der Waals surface area (Å²) in [4.78, 5) is 34.5. The van der Waals surface area contributed by atoms with Gasteiger partial charge in [-0.2, -0.15) is 0 Å². The lowest BCUT2D eigenvalue weighted by molar-refractivity contribution is -0.383. The Kier molecular flexibility index (Phi) is 6.25. The minimum Gasteiger partial charge on any atom is -0.364 e. The SMILES string of the molecule is O=C(NNc1ncnc(NCCCn2ccnc2)c1[N+](=O)[O-])c1ccccc1F. The number of nitrogens with one attached hydrogen (secondary N) is 3. The maximum Gasteiger partial charge on any atom is 0.354 e. The molecule has 3 rings (SSSR count). The van der Waals surface area contributed by atoms with E-state index in [0.717, 1.165) is 12.4 Å². The van der Waals surface area contributed by atoms with E-state index in [1.807, 2.05) is 10.8 Å². The number of hydrogen-bond acceptors (Lipinski definition) is 8. The molecule has 0 fully saturated rings. The lowest BCUT2D eigenvalue weighted by Gasteiger charge is -2.11. The number of carbonyl (C=O) groups excluding carboxylic acids is 1. The minimum atomic E-state index is -0.800. The number of anilines is 2. The number of amides is 1. The molecular weight excluding hydrogens is 383 g/mol. The number of benzene rings is 1. The number of carbonyl (C=O) groups is 1. The molecule has 0 atom stereocenters. The van der Waals surface area contributed by atoms with Gasteiger partial charge in [0.15, 0.2) is 0 Å². The van der Waals surface area contributed by atoms with Gasteiger partial charge in [-0.3, -0.25) is 25.8 Å². The molecule has 0 bridgehead atoms. The Bertz CT molecular complexity index is 996. The van der Waals surface area contributed by atoms with Gasteiger partial charge in [-0.25, -0.2) is 19.3 Å². The first kappa shape index (κ1) is 19.7. The molecule has 0 saturated heterocycles. The van der Waals surface area contributed by atoms with Gasteiger partial charge in [0.05, 0.1) is 16.8 Å². The second kappa shape index (κ2) is 9.21. The highest BCUT2D eigenvalue weighted by Gasteiger charge is 2.23. The molecule has 2 heterocycles. The molecule has 1 amide bonds. The van der Waals surface area contributed by atoms with Crippen molar-refractivity contribution in [1.29, 1.82) is 0 Å². The molecule has 150 valence electrons. The van der Waals surface area contributed by atoms with Gasteiger partial charge in [-0.05, 0) is 18.6 Å². The number of halogens is 1. The van der Waals surface area contributed by atoms with E-state index in [4.69, 9.17) is 0 Å². The third-order valence-corrected chi connectivity index (χ3v) is 3.86. The van der Waals surface area contributed by atoms with E-state index in [1.165, 1.54) is 18.2 Å². The smallest absolute Gasteiger partial charge is 0.354 e. The van der Waals surface area contributed by atoms with E-state index < -0.39 is 22.3 Å². The molecule has 0 aliphatic heterocycles. The average molecular weight is 400 g/mol. The van der Waals surface area contributed by atoms with Crippen LogP contribution in [-0.2, 0) is 6.54 Å². The third kappa shape index (κ3) is 5.00.